The summed E-state index contributed by atoms with van der Waals surface area (Å²) in [6, 6.07) is 12.5. The van der Waals surface area contributed by atoms with Crippen molar-refractivity contribution < 1.29 is 23.1 Å². The van der Waals surface area contributed by atoms with E-state index in [1.165, 1.54) is 12.1 Å². The van der Waals surface area contributed by atoms with Gasteiger partial charge in [-0.2, -0.15) is 0 Å². The van der Waals surface area contributed by atoms with Crippen LogP contribution in [0, 0.1) is 19.7 Å². The molecule has 0 aliphatic rings. The van der Waals surface area contributed by atoms with E-state index in [1.54, 1.807) is 62.6 Å². The quantitative estimate of drug-likeness (QED) is 0.458. The normalized spacial score (nSPS) is 10.7. The number of carbonyl (C=O) groups excluding carboxylic acids is 2. The Bertz CT molecular complexity index is 1320. The molecule has 2 amide bonds. The number of hydrogen-bond donors (Lipinski definition) is 2. The third-order valence-corrected chi connectivity index (χ3v) is 4.77. The van der Waals surface area contributed by atoms with Crippen LogP contribution < -0.4 is 15.4 Å². The van der Waals surface area contributed by atoms with Crippen LogP contribution in [-0.2, 0) is 4.79 Å². The maximum absolute atomic E-state index is 13.5. The fraction of sp³-hybridized carbons (Fsp3) is 0.125. The average molecular weight is 433 g/mol. The smallest absolute Gasteiger partial charge is 0.255 e. The van der Waals surface area contributed by atoms with Crippen molar-refractivity contribution in [3.05, 3.63) is 83.8 Å². The first-order valence-electron chi connectivity index (χ1n) is 9.86. The Morgan fingerprint density at radius 2 is 1.94 bits per heavy atom. The zero-order valence-corrected chi connectivity index (χ0v) is 17.4. The molecule has 0 bridgehead atoms. The zero-order valence-electron chi connectivity index (χ0n) is 17.4. The monoisotopic (exact) mass is 433 g/mol. The largest absolute Gasteiger partial charge is 0.466 e. The molecule has 0 unspecified atom stereocenters. The SMILES string of the molecule is Cc1cc(C(=O)NCC(=O)Nc2ccc(Oc3cccc(F)c3)c3ccncc23)c(C)o1. The fourth-order valence-electron chi connectivity index (χ4n) is 3.32. The molecule has 0 aliphatic carbocycles. The highest BCUT2D eigenvalue weighted by Gasteiger charge is 2.15. The van der Waals surface area contributed by atoms with Crippen molar-refractivity contribution in [2.75, 3.05) is 11.9 Å². The van der Waals surface area contributed by atoms with Gasteiger partial charge in [0.2, 0.25) is 5.91 Å². The van der Waals surface area contributed by atoms with Crippen LogP contribution in [0.1, 0.15) is 21.9 Å². The van der Waals surface area contributed by atoms with Gasteiger partial charge in [-0.25, -0.2) is 4.39 Å². The van der Waals surface area contributed by atoms with Gasteiger partial charge in [-0.05, 0) is 50.2 Å². The zero-order chi connectivity index (χ0) is 22.7. The van der Waals surface area contributed by atoms with Crippen LogP contribution in [0.25, 0.3) is 10.8 Å². The summed E-state index contributed by atoms with van der Waals surface area (Å²) in [4.78, 5) is 28.9. The summed E-state index contributed by atoms with van der Waals surface area (Å²) in [7, 11) is 0. The lowest BCUT2D eigenvalue weighted by molar-refractivity contribution is -0.115. The second-order valence-electron chi connectivity index (χ2n) is 7.15. The van der Waals surface area contributed by atoms with E-state index >= 15 is 0 Å². The summed E-state index contributed by atoms with van der Waals surface area (Å²) in [5.41, 5.74) is 0.901. The lowest BCUT2D eigenvalue weighted by atomic mass is 10.1. The summed E-state index contributed by atoms with van der Waals surface area (Å²) in [6.07, 6.45) is 3.20. The van der Waals surface area contributed by atoms with Gasteiger partial charge in [0.25, 0.3) is 5.91 Å². The first-order valence-corrected chi connectivity index (χ1v) is 9.86. The predicted molar refractivity (Wildman–Crippen MR) is 117 cm³/mol. The number of rotatable bonds is 6. The standard InChI is InChI=1S/C24H20FN3O4/c1-14-10-19(15(2)31-14)24(30)27-13-23(29)28-21-6-7-22(18-8-9-26-12-20(18)21)32-17-5-3-4-16(25)11-17/h3-12H,13H2,1-2H3,(H,27,30)(H,28,29). The molecular weight excluding hydrogens is 413 g/mol. The number of hydrogen-bond acceptors (Lipinski definition) is 5. The summed E-state index contributed by atoms with van der Waals surface area (Å²) in [6.45, 7) is 3.22. The molecule has 162 valence electrons. The van der Waals surface area contributed by atoms with Crippen molar-refractivity contribution >= 4 is 28.3 Å². The number of fused-ring (bicyclic) bond motifs is 1. The number of nitrogens with one attached hydrogen (secondary N) is 2. The van der Waals surface area contributed by atoms with Crippen molar-refractivity contribution in [3.63, 3.8) is 0 Å². The minimum Gasteiger partial charge on any atom is -0.466 e. The van der Waals surface area contributed by atoms with Crippen molar-refractivity contribution in [2.45, 2.75) is 13.8 Å². The first kappa shape index (κ1) is 21.0. The van der Waals surface area contributed by atoms with Crippen LogP contribution >= 0.6 is 0 Å². The Hall–Kier alpha value is -4.20. The number of benzene rings is 2. The molecule has 0 fully saturated rings. The minimum absolute atomic E-state index is 0.216. The number of carbonyl (C=O) groups is 2. The van der Waals surface area contributed by atoms with E-state index < -0.39 is 11.7 Å². The van der Waals surface area contributed by atoms with Crippen molar-refractivity contribution in [1.29, 1.82) is 0 Å². The van der Waals surface area contributed by atoms with E-state index in [0.29, 0.717) is 45.0 Å². The van der Waals surface area contributed by atoms with Crippen molar-refractivity contribution in [1.82, 2.24) is 10.3 Å². The van der Waals surface area contributed by atoms with E-state index in [4.69, 9.17) is 9.15 Å². The molecule has 0 radical (unpaired) electrons. The van der Waals surface area contributed by atoms with Gasteiger partial charge < -0.3 is 19.8 Å². The molecule has 32 heavy (non-hydrogen) atoms. The molecule has 2 aromatic heterocycles. The topological polar surface area (TPSA) is 93.5 Å². The Kier molecular flexibility index (Phi) is 5.85. The van der Waals surface area contributed by atoms with Gasteiger partial charge in [-0.3, -0.25) is 14.6 Å². The number of furan rings is 1. The van der Waals surface area contributed by atoms with Crippen LogP contribution in [-0.4, -0.2) is 23.3 Å². The number of halogens is 1. The third kappa shape index (κ3) is 4.59. The van der Waals surface area contributed by atoms with Crippen LogP contribution in [0.5, 0.6) is 11.5 Å². The molecule has 2 aromatic carbocycles. The number of aromatic nitrogens is 1. The maximum Gasteiger partial charge on any atom is 0.255 e. The van der Waals surface area contributed by atoms with Crippen LogP contribution in [0.3, 0.4) is 0 Å². The lowest BCUT2D eigenvalue weighted by Crippen LogP contribution is -2.33. The van der Waals surface area contributed by atoms with Crippen LogP contribution in [0.4, 0.5) is 10.1 Å². The molecule has 0 saturated carbocycles. The second-order valence-corrected chi connectivity index (χ2v) is 7.15. The Morgan fingerprint density at radius 1 is 1.09 bits per heavy atom. The number of anilines is 1. The number of pyridine rings is 1. The highest BCUT2D eigenvalue weighted by atomic mass is 19.1. The summed E-state index contributed by atoms with van der Waals surface area (Å²) < 4.78 is 24.7. The Morgan fingerprint density at radius 3 is 2.69 bits per heavy atom. The molecule has 8 heteroatoms. The summed E-state index contributed by atoms with van der Waals surface area (Å²) in [5, 5.41) is 6.69. The molecule has 0 saturated heterocycles. The van der Waals surface area contributed by atoms with Gasteiger partial charge in [0, 0.05) is 29.2 Å². The van der Waals surface area contributed by atoms with Gasteiger partial charge in [0.15, 0.2) is 0 Å². The molecule has 4 aromatic rings. The molecule has 0 atom stereocenters. The van der Waals surface area contributed by atoms with Gasteiger partial charge in [0.1, 0.15) is 28.8 Å². The molecular formula is C24H20FN3O4. The Balaban J connectivity index is 1.49. The predicted octanol–water partition coefficient (Wildman–Crippen LogP) is 4.74. The van der Waals surface area contributed by atoms with E-state index in [9.17, 15) is 14.0 Å². The average Bonchev–Trinajstić information content (AvgIpc) is 3.12. The first-order chi connectivity index (χ1) is 15.4. The summed E-state index contributed by atoms with van der Waals surface area (Å²) in [5.74, 6) is 0.765. The molecule has 4 rings (SSSR count). The third-order valence-electron chi connectivity index (χ3n) is 4.77. The van der Waals surface area contributed by atoms with E-state index in [2.05, 4.69) is 15.6 Å². The highest BCUT2D eigenvalue weighted by Crippen LogP contribution is 2.34. The van der Waals surface area contributed by atoms with E-state index in [1.807, 2.05) is 0 Å². The number of nitrogens with zero attached hydrogens (tertiary/aromatic N) is 1. The second kappa shape index (κ2) is 8.89. The van der Waals surface area contributed by atoms with E-state index in [-0.39, 0.29) is 12.5 Å². The number of ether oxygens (including phenoxy) is 1. The van der Waals surface area contributed by atoms with E-state index in [0.717, 1.165) is 0 Å². The molecule has 2 heterocycles. The van der Waals surface area contributed by atoms with Crippen LogP contribution in [0.2, 0.25) is 0 Å². The number of aryl methyl sites for hydroxylation is 2. The molecule has 2 N–H and O–H groups in total. The van der Waals surface area contributed by atoms with Crippen molar-refractivity contribution in [3.8, 4) is 11.5 Å². The van der Waals surface area contributed by atoms with Gasteiger partial charge in [-0.15, -0.1) is 0 Å². The molecule has 0 aliphatic heterocycles. The fourth-order valence-corrected chi connectivity index (χ4v) is 3.32. The maximum atomic E-state index is 13.5. The molecule has 0 spiro atoms. The molecule has 7 nitrogen and oxygen atoms in total. The van der Waals surface area contributed by atoms with Gasteiger partial charge in [-0.1, -0.05) is 6.07 Å². The highest BCUT2D eigenvalue weighted by molar-refractivity contribution is 6.05. The Labute approximate surface area is 183 Å². The minimum atomic E-state index is -0.403. The number of amides is 2. The van der Waals surface area contributed by atoms with Crippen molar-refractivity contribution in [2.24, 2.45) is 0 Å². The lowest BCUT2D eigenvalue weighted by Gasteiger charge is -2.13. The van der Waals surface area contributed by atoms with Gasteiger partial charge >= 0.3 is 0 Å². The van der Waals surface area contributed by atoms with Crippen LogP contribution in [0.15, 0.2) is 65.3 Å². The van der Waals surface area contributed by atoms with Gasteiger partial charge in [0.05, 0.1) is 17.8 Å². The summed E-state index contributed by atoms with van der Waals surface area (Å²) >= 11 is 0.